The Balaban J connectivity index is 2.55. The molecule has 0 bridgehead atoms. The van der Waals surface area contributed by atoms with E-state index in [0.29, 0.717) is 0 Å². The van der Waals surface area contributed by atoms with E-state index in [9.17, 15) is 5.11 Å². The summed E-state index contributed by atoms with van der Waals surface area (Å²) in [6.07, 6.45) is 3.93. The molecule has 0 saturated carbocycles. The van der Waals surface area contributed by atoms with E-state index in [1.165, 1.54) is 11.8 Å². The average Bonchev–Trinajstić information content (AvgIpc) is 2.73. The first kappa shape index (κ1) is 14.2. The summed E-state index contributed by atoms with van der Waals surface area (Å²) in [4.78, 5) is 0. The zero-order chi connectivity index (χ0) is 12.0. The first-order chi connectivity index (χ1) is 7.71. The van der Waals surface area contributed by atoms with Gasteiger partial charge in [-0.25, -0.2) is 0 Å². The SMILES string of the molecule is CCCC(N)C(CO)Sc1nnc(SC)s1. The smallest absolute Gasteiger partial charge is 0.175 e. The second-order valence-electron chi connectivity index (χ2n) is 3.33. The number of aliphatic hydroxyl groups is 1. The topological polar surface area (TPSA) is 72.0 Å². The molecule has 0 amide bonds. The van der Waals surface area contributed by atoms with Gasteiger partial charge in [-0.05, 0) is 12.7 Å². The molecule has 1 heterocycles. The summed E-state index contributed by atoms with van der Waals surface area (Å²) in [5.41, 5.74) is 6.00. The molecule has 0 aliphatic rings. The number of thioether (sulfide) groups is 2. The van der Waals surface area contributed by atoms with Crippen LogP contribution in [-0.2, 0) is 0 Å². The van der Waals surface area contributed by atoms with Crippen LogP contribution in [0.4, 0.5) is 0 Å². The van der Waals surface area contributed by atoms with Crippen LogP contribution in [0.3, 0.4) is 0 Å². The van der Waals surface area contributed by atoms with Crippen LogP contribution in [0.2, 0.25) is 0 Å². The molecule has 0 aliphatic heterocycles. The van der Waals surface area contributed by atoms with Gasteiger partial charge in [0.25, 0.3) is 0 Å². The number of aliphatic hydroxyl groups excluding tert-OH is 1. The summed E-state index contributed by atoms with van der Waals surface area (Å²) in [6, 6.07) is 0.0154. The molecule has 3 N–H and O–H groups in total. The Bertz CT molecular complexity index is 308. The summed E-state index contributed by atoms with van der Waals surface area (Å²) < 4.78 is 1.83. The van der Waals surface area contributed by atoms with Crippen molar-refractivity contribution in [1.29, 1.82) is 0 Å². The van der Waals surface area contributed by atoms with Gasteiger partial charge in [-0.3, -0.25) is 0 Å². The van der Waals surface area contributed by atoms with Gasteiger partial charge in [0.05, 0.1) is 11.9 Å². The predicted molar refractivity (Wildman–Crippen MR) is 71.3 cm³/mol. The van der Waals surface area contributed by atoms with E-state index in [1.54, 1.807) is 23.1 Å². The Hall–Kier alpha value is 0.180. The first-order valence-corrected chi connectivity index (χ1v) is 8.04. The van der Waals surface area contributed by atoms with Crippen molar-refractivity contribution in [2.45, 2.75) is 39.7 Å². The number of rotatable bonds is 7. The minimum Gasteiger partial charge on any atom is -0.395 e. The zero-order valence-corrected chi connectivity index (χ0v) is 11.9. The van der Waals surface area contributed by atoms with Crippen LogP contribution >= 0.6 is 34.9 Å². The van der Waals surface area contributed by atoms with E-state index in [1.807, 2.05) is 6.26 Å². The van der Waals surface area contributed by atoms with Crippen LogP contribution in [-0.4, -0.2) is 39.5 Å². The molecule has 16 heavy (non-hydrogen) atoms. The molecule has 0 aliphatic carbocycles. The third-order valence-electron chi connectivity index (χ3n) is 2.09. The highest BCUT2D eigenvalue weighted by Crippen LogP contribution is 2.31. The van der Waals surface area contributed by atoms with Gasteiger partial charge < -0.3 is 10.8 Å². The molecule has 92 valence electrons. The third kappa shape index (κ3) is 4.21. The summed E-state index contributed by atoms with van der Waals surface area (Å²) in [5, 5.41) is 17.4. The normalized spacial score (nSPS) is 15.0. The molecule has 0 aromatic carbocycles. The van der Waals surface area contributed by atoms with Crippen molar-refractivity contribution in [3.63, 3.8) is 0 Å². The molecule has 4 nitrogen and oxygen atoms in total. The van der Waals surface area contributed by atoms with Crippen LogP contribution in [0.1, 0.15) is 19.8 Å². The van der Waals surface area contributed by atoms with Crippen molar-refractivity contribution < 1.29 is 5.11 Å². The Morgan fingerprint density at radius 1 is 1.44 bits per heavy atom. The lowest BCUT2D eigenvalue weighted by Crippen LogP contribution is -2.34. The van der Waals surface area contributed by atoms with Crippen molar-refractivity contribution >= 4 is 34.9 Å². The van der Waals surface area contributed by atoms with Gasteiger partial charge in [-0.2, -0.15) is 0 Å². The highest BCUT2D eigenvalue weighted by Gasteiger charge is 2.19. The lowest BCUT2D eigenvalue weighted by molar-refractivity contribution is 0.279. The van der Waals surface area contributed by atoms with Gasteiger partial charge in [0.1, 0.15) is 0 Å². The zero-order valence-electron chi connectivity index (χ0n) is 9.42. The monoisotopic (exact) mass is 279 g/mol. The van der Waals surface area contributed by atoms with E-state index >= 15 is 0 Å². The van der Waals surface area contributed by atoms with Gasteiger partial charge in [0, 0.05) is 6.04 Å². The second kappa shape index (κ2) is 7.50. The Labute approximate surface area is 108 Å². The maximum atomic E-state index is 9.30. The predicted octanol–water partition coefficient (Wildman–Crippen LogP) is 1.84. The average molecular weight is 279 g/mol. The van der Waals surface area contributed by atoms with Crippen LogP contribution in [0.25, 0.3) is 0 Å². The number of aromatic nitrogens is 2. The fourth-order valence-electron chi connectivity index (χ4n) is 1.24. The molecule has 1 aromatic heterocycles. The van der Waals surface area contributed by atoms with Gasteiger partial charge in [-0.1, -0.05) is 48.2 Å². The maximum absolute atomic E-state index is 9.30. The molecule has 0 radical (unpaired) electrons. The van der Waals surface area contributed by atoms with E-state index in [4.69, 9.17) is 5.73 Å². The molecular weight excluding hydrogens is 262 g/mol. The first-order valence-electron chi connectivity index (χ1n) is 5.11. The van der Waals surface area contributed by atoms with Crippen molar-refractivity contribution in [3.8, 4) is 0 Å². The Morgan fingerprint density at radius 2 is 2.12 bits per heavy atom. The van der Waals surface area contributed by atoms with Crippen molar-refractivity contribution in [2.24, 2.45) is 5.73 Å². The quantitative estimate of drug-likeness (QED) is 0.742. The molecule has 0 saturated heterocycles. The Morgan fingerprint density at radius 3 is 2.62 bits per heavy atom. The van der Waals surface area contributed by atoms with E-state index in [2.05, 4.69) is 17.1 Å². The molecular formula is C9H17N3OS3. The number of nitrogens with zero attached hydrogens (tertiary/aromatic N) is 2. The van der Waals surface area contributed by atoms with Gasteiger partial charge >= 0.3 is 0 Å². The lowest BCUT2D eigenvalue weighted by atomic mass is 10.1. The van der Waals surface area contributed by atoms with Crippen LogP contribution < -0.4 is 5.73 Å². The summed E-state index contributed by atoms with van der Waals surface area (Å²) in [5.74, 6) is 0. The van der Waals surface area contributed by atoms with Crippen LogP contribution in [0, 0.1) is 0 Å². The van der Waals surface area contributed by atoms with Gasteiger partial charge in [0.15, 0.2) is 8.68 Å². The molecule has 7 heteroatoms. The molecule has 0 fully saturated rings. The van der Waals surface area contributed by atoms with Crippen molar-refractivity contribution in [3.05, 3.63) is 0 Å². The molecule has 2 atom stereocenters. The minimum atomic E-state index is 0.0154. The molecule has 0 spiro atoms. The number of nitrogens with two attached hydrogens (primary N) is 1. The second-order valence-corrected chi connectivity index (χ2v) is 6.85. The van der Waals surface area contributed by atoms with Gasteiger partial charge in [0.2, 0.25) is 0 Å². The fraction of sp³-hybridized carbons (Fsp3) is 0.778. The van der Waals surface area contributed by atoms with Crippen molar-refractivity contribution in [2.75, 3.05) is 12.9 Å². The number of hydrogen-bond donors (Lipinski definition) is 2. The lowest BCUT2D eigenvalue weighted by Gasteiger charge is -2.19. The Kier molecular flexibility index (Phi) is 6.67. The molecule has 2 unspecified atom stereocenters. The van der Waals surface area contributed by atoms with Crippen LogP contribution in [0.15, 0.2) is 8.68 Å². The third-order valence-corrected chi connectivity index (χ3v) is 5.41. The largest absolute Gasteiger partial charge is 0.395 e. The minimum absolute atomic E-state index is 0.0154. The molecule has 1 rings (SSSR count). The van der Waals surface area contributed by atoms with E-state index in [-0.39, 0.29) is 17.9 Å². The van der Waals surface area contributed by atoms with Crippen molar-refractivity contribution in [1.82, 2.24) is 10.2 Å². The summed E-state index contributed by atoms with van der Waals surface area (Å²) in [6.45, 7) is 2.18. The highest BCUT2D eigenvalue weighted by atomic mass is 32.2. The van der Waals surface area contributed by atoms with E-state index < -0.39 is 0 Å². The number of hydrogen-bond acceptors (Lipinski definition) is 7. The summed E-state index contributed by atoms with van der Waals surface area (Å²) >= 11 is 4.66. The maximum Gasteiger partial charge on any atom is 0.175 e. The van der Waals surface area contributed by atoms with Gasteiger partial charge in [-0.15, -0.1) is 10.2 Å². The highest BCUT2D eigenvalue weighted by molar-refractivity contribution is 8.03. The van der Waals surface area contributed by atoms with E-state index in [0.717, 1.165) is 21.5 Å². The molecule has 1 aromatic rings. The standard InChI is InChI=1S/C9H17N3OS3/c1-3-4-6(10)7(5-13)15-9-12-11-8(14-2)16-9/h6-7,13H,3-5,10H2,1-2H3. The summed E-state index contributed by atoms with van der Waals surface area (Å²) in [7, 11) is 0. The van der Waals surface area contributed by atoms with Crippen LogP contribution in [0.5, 0.6) is 0 Å². The fourth-order valence-corrected chi connectivity index (χ4v) is 3.93.